The van der Waals surface area contributed by atoms with Crippen LogP contribution in [0, 0.1) is 5.92 Å². The van der Waals surface area contributed by atoms with Gasteiger partial charge < -0.3 is 9.64 Å². The lowest BCUT2D eigenvalue weighted by Crippen LogP contribution is -2.52. The molecule has 152 valence electrons. The molecule has 29 heavy (non-hydrogen) atoms. The van der Waals surface area contributed by atoms with E-state index >= 15 is 0 Å². The van der Waals surface area contributed by atoms with Crippen molar-refractivity contribution in [1.29, 1.82) is 0 Å². The molecule has 5 rings (SSSR count). The number of carbonyl (C=O) groups is 1. The lowest BCUT2D eigenvalue weighted by atomic mass is 9.78. The molecule has 1 fully saturated rings. The van der Waals surface area contributed by atoms with Crippen LogP contribution in [-0.2, 0) is 17.8 Å². The van der Waals surface area contributed by atoms with Gasteiger partial charge in [-0.05, 0) is 29.7 Å². The summed E-state index contributed by atoms with van der Waals surface area (Å²) in [5.41, 5.74) is 3.51. The van der Waals surface area contributed by atoms with E-state index < -0.39 is 6.04 Å². The minimum Gasteiger partial charge on any atom is -0.493 e. The number of rotatable bonds is 3. The number of likely N-dealkylation sites (N-methyl/N-ethyl adjacent to an activating group) is 1. The van der Waals surface area contributed by atoms with Gasteiger partial charge in [-0.25, -0.2) is 0 Å². The second kappa shape index (κ2) is 7.02. The van der Waals surface area contributed by atoms with Crippen LogP contribution in [-0.4, -0.2) is 54.1 Å². The molecular weight excluding hydrogens is 366 g/mol. The SMILES string of the molecule is CN(C)C(=O)[C@H]1[C@H]2C[C@H](CN(Cc3ccc4c(c3)CCO4)C2)c2cccc(=O)n21. The number of fused-ring (bicyclic) bond motifs is 5. The van der Waals surface area contributed by atoms with Crippen LogP contribution in [0.1, 0.15) is 35.2 Å². The van der Waals surface area contributed by atoms with Crippen molar-refractivity contribution < 1.29 is 9.53 Å². The predicted octanol–water partition coefficient (Wildman–Crippen LogP) is 2.03. The Morgan fingerprint density at radius 2 is 2.07 bits per heavy atom. The molecule has 0 unspecified atom stereocenters. The topological polar surface area (TPSA) is 54.8 Å². The maximum absolute atomic E-state index is 13.0. The van der Waals surface area contributed by atoms with E-state index in [0.29, 0.717) is 0 Å². The van der Waals surface area contributed by atoms with Gasteiger partial charge in [0.05, 0.1) is 6.61 Å². The van der Waals surface area contributed by atoms with Gasteiger partial charge in [0.25, 0.3) is 5.56 Å². The van der Waals surface area contributed by atoms with Crippen molar-refractivity contribution in [3.63, 3.8) is 0 Å². The lowest BCUT2D eigenvalue weighted by Gasteiger charge is -2.46. The standard InChI is InChI=1S/C23H27N3O3/c1-24(2)23(28)22-18-11-17(19-4-3-5-21(27)26(19)22)13-25(14-18)12-15-6-7-20-16(10-15)8-9-29-20/h3-7,10,17-18,22H,8-9,11-14H2,1-2H3/t17-,18+,22-/m1/s1. The van der Waals surface area contributed by atoms with Gasteiger partial charge in [0.15, 0.2) is 0 Å². The maximum Gasteiger partial charge on any atom is 0.251 e. The molecule has 1 saturated heterocycles. The molecular formula is C23H27N3O3. The van der Waals surface area contributed by atoms with Gasteiger partial charge in [-0.1, -0.05) is 18.2 Å². The highest BCUT2D eigenvalue weighted by Crippen LogP contribution is 2.42. The molecule has 2 bridgehead atoms. The molecule has 2 aromatic rings. The number of hydrogen-bond acceptors (Lipinski definition) is 4. The Balaban J connectivity index is 1.46. The Morgan fingerprint density at radius 3 is 2.90 bits per heavy atom. The zero-order chi connectivity index (χ0) is 20.1. The summed E-state index contributed by atoms with van der Waals surface area (Å²) in [6.07, 6.45) is 1.94. The summed E-state index contributed by atoms with van der Waals surface area (Å²) in [7, 11) is 3.55. The molecule has 6 heteroatoms. The molecule has 0 N–H and O–H groups in total. The molecule has 0 saturated carbocycles. The van der Waals surface area contributed by atoms with Crippen molar-refractivity contribution in [3.8, 4) is 5.75 Å². The van der Waals surface area contributed by atoms with Crippen molar-refractivity contribution in [3.05, 3.63) is 63.6 Å². The summed E-state index contributed by atoms with van der Waals surface area (Å²) >= 11 is 0. The third-order valence-electron chi connectivity index (χ3n) is 6.58. The van der Waals surface area contributed by atoms with Gasteiger partial charge in [-0.3, -0.25) is 19.1 Å². The Morgan fingerprint density at radius 1 is 1.21 bits per heavy atom. The number of carbonyl (C=O) groups excluding carboxylic acids is 1. The summed E-state index contributed by atoms with van der Waals surface area (Å²) in [4.78, 5) is 29.8. The van der Waals surface area contributed by atoms with Crippen LogP contribution in [0.25, 0.3) is 0 Å². The fourth-order valence-corrected chi connectivity index (χ4v) is 5.34. The average Bonchev–Trinajstić information content (AvgIpc) is 3.16. The van der Waals surface area contributed by atoms with Gasteiger partial charge in [0, 0.05) is 63.7 Å². The number of pyridine rings is 1. The van der Waals surface area contributed by atoms with Crippen molar-refractivity contribution in [2.24, 2.45) is 5.92 Å². The zero-order valence-electron chi connectivity index (χ0n) is 17.0. The molecule has 3 aliphatic rings. The van der Waals surface area contributed by atoms with E-state index in [0.717, 1.165) is 50.5 Å². The molecule has 0 spiro atoms. The van der Waals surface area contributed by atoms with Gasteiger partial charge in [-0.2, -0.15) is 0 Å². The highest BCUT2D eigenvalue weighted by molar-refractivity contribution is 5.80. The number of amides is 1. The van der Waals surface area contributed by atoms with Gasteiger partial charge in [-0.15, -0.1) is 0 Å². The first kappa shape index (κ1) is 18.4. The number of hydrogen-bond donors (Lipinski definition) is 0. The number of ether oxygens (including phenoxy) is 1. The molecule has 6 nitrogen and oxygen atoms in total. The highest BCUT2D eigenvalue weighted by Gasteiger charge is 2.44. The molecule has 1 amide bonds. The third-order valence-corrected chi connectivity index (χ3v) is 6.58. The lowest BCUT2D eigenvalue weighted by molar-refractivity contribution is -0.135. The third kappa shape index (κ3) is 3.15. The Bertz CT molecular complexity index is 1010. The molecule has 1 aromatic heterocycles. The number of nitrogens with zero attached hydrogens (tertiary/aromatic N) is 3. The van der Waals surface area contributed by atoms with E-state index in [2.05, 4.69) is 23.1 Å². The first-order valence-electron chi connectivity index (χ1n) is 10.4. The summed E-state index contributed by atoms with van der Waals surface area (Å²) in [6.45, 7) is 3.37. The number of piperidine rings is 1. The normalized spacial score (nSPS) is 25.1. The fraction of sp³-hybridized carbons (Fsp3) is 0.478. The highest BCUT2D eigenvalue weighted by atomic mass is 16.5. The summed E-state index contributed by atoms with van der Waals surface area (Å²) in [5, 5.41) is 0. The first-order chi connectivity index (χ1) is 14.0. The summed E-state index contributed by atoms with van der Waals surface area (Å²) in [5.74, 6) is 1.45. The summed E-state index contributed by atoms with van der Waals surface area (Å²) in [6, 6.07) is 11.5. The van der Waals surface area contributed by atoms with Crippen molar-refractivity contribution in [1.82, 2.24) is 14.4 Å². The van der Waals surface area contributed by atoms with E-state index in [1.165, 1.54) is 11.1 Å². The molecule has 0 radical (unpaired) electrons. The largest absolute Gasteiger partial charge is 0.493 e. The van der Waals surface area contributed by atoms with Crippen LogP contribution in [0.15, 0.2) is 41.2 Å². The van der Waals surface area contributed by atoms with Crippen LogP contribution < -0.4 is 10.3 Å². The Kier molecular flexibility index (Phi) is 4.46. The minimum absolute atomic E-state index is 0.0135. The van der Waals surface area contributed by atoms with Crippen molar-refractivity contribution in [2.75, 3.05) is 33.8 Å². The quantitative estimate of drug-likeness (QED) is 0.801. The van der Waals surface area contributed by atoms with Crippen LogP contribution in [0.4, 0.5) is 0 Å². The van der Waals surface area contributed by atoms with Gasteiger partial charge >= 0.3 is 0 Å². The van der Waals surface area contributed by atoms with E-state index in [9.17, 15) is 9.59 Å². The number of aromatic nitrogens is 1. The van der Waals surface area contributed by atoms with Crippen molar-refractivity contribution in [2.45, 2.75) is 31.3 Å². The van der Waals surface area contributed by atoms with Crippen molar-refractivity contribution >= 4 is 5.91 Å². The smallest absolute Gasteiger partial charge is 0.251 e. The van der Waals surface area contributed by atoms with Gasteiger partial charge in [0.1, 0.15) is 11.8 Å². The minimum atomic E-state index is -0.416. The maximum atomic E-state index is 13.0. The van der Waals surface area contributed by atoms with Crippen LogP contribution in [0.3, 0.4) is 0 Å². The molecule has 0 aliphatic carbocycles. The Labute approximate surface area is 170 Å². The second-order valence-electron chi connectivity index (χ2n) is 8.76. The first-order valence-corrected chi connectivity index (χ1v) is 10.4. The summed E-state index contributed by atoms with van der Waals surface area (Å²) < 4.78 is 7.40. The van der Waals surface area contributed by atoms with Crippen LogP contribution >= 0.6 is 0 Å². The van der Waals surface area contributed by atoms with Crippen LogP contribution in [0.5, 0.6) is 5.75 Å². The zero-order valence-corrected chi connectivity index (χ0v) is 17.0. The molecule has 4 heterocycles. The van der Waals surface area contributed by atoms with E-state index in [-0.39, 0.29) is 23.3 Å². The number of benzene rings is 1. The Hall–Kier alpha value is -2.60. The van der Waals surface area contributed by atoms with E-state index in [1.54, 1.807) is 29.6 Å². The molecule has 3 aliphatic heterocycles. The van der Waals surface area contributed by atoms with E-state index in [1.807, 2.05) is 12.1 Å². The average molecular weight is 393 g/mol. The van der Waals surface area contributed by atoms with Gasteiger partial charge in [0.2, 0.25) is 5.91 Å². The second-order valence-corrected chi connectivity index (χ2v) is 8.76. The number of likely N-dealkylation sites (tertiary alicyclic amines) is 1. The van der Waals surface area contributed by atoms with E-state index in [4.69, 9.17) is 4.74 Å². The fourth-order valence-electron chi connectivity index (χ4n) is 5.34. The molecule has 1 aromatic carbocycles. The molecule has 3 atom stereocenters. The monoisotopic (exact) mass is 393 g/mol. The van der Waals surface area contributed by atoms with Crippen LogP contribution in [0.2, 0.25) is 0 Å². The predicted molar refractivity (Wildman–Crippen MR) is 110 cm³/mol.